The average molecular weight is 93.1 g/mol. The van der Waals surface area contributed by atoms with Crippen molar-refractivity contribution < 1.29 is 9.12 Å². The summed E-state index contributed by atoms with van der Waals surface area (Å²) in [4.78, 5) is 4.44. The first kappa shape index (κ1) is 3.42. The molecule has 0 aromatic heterocycles. The quantitative estimate of drug-likeness (QED) is 0.429. The molecule has 0 unspecified atom stereocenters. The van der Waals surface area contributed by atoms with Crippen molar-refractivity contribution in [3.05, 3.63) is 0 Å². The van der Waals surface area contributed by atoms with Gasteiger partial charge >= 0.3 is 0 Å². The van der Waals surface area contributed by atoms with Crippen LogP contribution >= 0.6 is 12.0 Å². The van der Waals surface area contributed by atoms with E-state index in [9.17, 15) is 0 Å². The lowest BCUT2D eigenvalue weighted by molar-refractivity contribution is -0.0416. The highest BCUT2D eigenvalue weighted by atomic mass is 32.2. The molecule has 3 nitrogen and oxygen atoms in total. The van der Waals surface area contributed by atoms with E-state index in [2.05, 4.69) is 14.8 Å². The summed E-state index contributed by atoms with van der Waals surface area (Å²) in [5.41, 5.74) is 2.19. The van der Waals surface area contributed by atoms with Crippen LogP contribution < -0.4 is 5.64 Å². The lowest BCUT2D eigenvalue weighted by atomic mass is 11.7. The summed E-state index contributed by atoms with van der Waals surface area (Å²) < 4.78 is 4.39. The van der Waals surface area contributed by atoms with Crippen molar-refractivity contribution in [2.75, 3.05) is 5.94 Å². The minimum atomic E-state index is 0.583. The second-order valence-corrected chi connectivity index (χ2v) is 1.18. The number of hydrogen-bond donors (Lipinski definition) is 1. The maximum Gasteiger partial charge on any atom is 0.144 e. The van der Waals surface area contributed by atoms with Crippen molar-refractivity contribution in [2.45, 2.75) is 0 Å². The number of hydrogen-bond acceptors (Lipinski definition) is 4. The third-order valence-electron chi connectivity index (χ3n) is 0.259. The molecule has 0 spiro atoms. The van der Waals surface area contributed by atoms with Gasteiger partial charge in [-0.15, -0.1) is 0 Å². The fourth-order valence-electron chi connectivity index (χ4n) is 0.120. The lowest BCUT2D eigenvalue weighted by Gasteiger charge is -1.76. The summed E-state index contributed by atoms with van der Waals surface area (Å²) in [6, 6.07) is 0. The van der Waals surface area contributed by atoms with Crippen molar-refractivity contribution >= 4 is 12.0 Å². The van der Waals surface area contributed by atoms with E-state index >= 15 is 0 Å². The van der Waals surface area contributed by atoms with Gasteiger partial charge in [-0.2, -0.15) is 0 Å². The Kier molecular flexibility index (Phi) is 1.10. The Bertz CT molecular complexity index is 21.2. The van der Waals surface area contributed by atoms with E-state index in [0.717, 1.165) is 0 Å². The Hall–Kier alpha value is 0.230. The molecule has 0 saturated carbocycles. The van der Waals surface area contributed by atoms with Crippen LogP contribution in [0.4, 0.5) is 0 Å². The molecule has 1 fully saturated rings. The van der Waals surface area contributed by atoms with Gasteiger partial charge in [0.15, 0.2) is 0 Å². The van der Waals surface area contributed by atoms with Gasteiger partial charge in [-0.3, -0.25) is 4.84 Å². The third-order valence-corrected chi connectivity index (χ3v) is 0.659. The van der Waals surface area contributed by atoms with Crippen molar-refractivity contribution in [2.24, 2.45) is 0 Å². The van der Waals surface area contributed by atoms with Gasteiger partial charge in [0.2, 0.25) is 0 Å². The highest BCUT2D eigenvalue weighted by Crippen LogP contribution is 2.03. The van der Waals surface area contributed by atoms with Crippen LogP contribution in [0.1, 0.15) is 0 Å². The van der Waals surface area contributed by atoms with Crippen LogP contribution in [0, 0.1) is 0 Å². The van der Waals surface area contributed by atoms with Crippen molar-refractivity contribution in [1.29, 1.82) is 0 Å². The molecule has 5 heavy (non-hydrogen) atoms. The molecule has 0 aromatic rings. The smallest absolute Gasteiger partial charge is 0.144 e. The Morgan fingerprint density at radius 1 is 1.80 bits per heavy atom. The summed E-state index contributed by atoms with van der Waals surface area (Å²) in [6.07, 6.45) is 0. The molecule has 0 atom stereocenters. The molecule has 1 rings (SSSR count). The Morgan fingerprint density at radius 2 is 2.80 bits per heavy atom. The summed E-state index contributed by atoms with van der Waals surface area (Å²) in [5, 5.41) is 0. The van der Waals surface area contributed by atoms with E-state index in [1.54, 1.807) is 0 Å². The van der Waals surface area contributed by atoms with Gasteiger partial charge in [-0.25, -0.2) is 4.28 Å². The predicted molar refractivity (Wildman–Crippen MR) is 17.8 cm³/mol. The second-order valence-electron chi connectivity index (χ2n) is 0.547. The zero-order valence-corrected chi connectivity index (χ0v) is 3.25. The molecule has 1 aliphatic rings. The van der Waals surface area contributed by atoms with E-state index in [4.69, 9.17) is 0 Å². The molecule has 4 heteroatoms. The monoisotopic (exact) mass is 93.0 g/mol. The van der Waals surface area contributed by atoms with Crippen molar-refractivity contribution in [3.8, 4) is 0 Å². The average Bonchev–Trinajstić information content (AvgIpc) is 1.76. The lowest BCUT2D eigenvalue weighted by Crippen LogP contribution is -1.98. The summed E-state index contributed by atoms with van der Waals surface area (Å²) in [6.45, 7) is 0. The summed E-state index contributed by atoms with van der Waals surface area (Å²) >= 11 is 1.24. The van der Waals surface area contributed by atoms with Crippen LogP contribution in [-0.4, -0.2) is 5.94 Å². The molecule has 0 aliphatic carbocycles. The first-order chi connectivity index (χ1) is 2.50. The second kappa shape index (κ2) is 1.61. The maximum atomic E-state index is 4.44. The largest absolute Gasteiger partial charge is 0.262 e. The molecule has 1 aliphatic heterocycles. The molecule has 0 amide bonds. The molecule has 1 heterocycles. The molecule has 0 radical (unpaired) electrons. The van der Waals surface area contributed by atoms with Crippen LogP contribution in [0.3, 0.4) is 0 Å². The van der Waals surface area contributed by atoms with Crippen LogP contribution in [-0.2, 0) is 9.12 Å². The molecular formula is CH3NO2S. The minimum absolute atomic E-state index is 0.583. The summed E-state index contributed by atoms with van der Waals surface area (Å²) in [7, 11) is 0. The summed E-state index contributed by atoms with van der Waals surface area (Å²) in [5.74, 6) is 0.583. The van der Waals surface area contributed by atoms with Gasteiger partial charge in [-0.05, 0) is 0 Å². The predicted octanol–water partition coefficient (Wildman–Crippen LogP) is 0.0585. The van der Waals surface area contributed by atoms with Gasteiger partial charge in [0.1, 0.15) is 5.94 Å². The molecule has 30 valence electrons. The van der Waals surface area contributed by atoms with Gasteiger partial charge in [0.05, 0.1) is 0 Å². The zero-order valence-electron chi connectivity index (χ0n) is 2.43. The SMILES string of the molecule is C1ONOS1. The third kappa shape index (κ3) is 0.769. The Morgan fingerprint density at radius 3 is 3.00 bits per heavy atom. The van der Waals surface area contributed by atoms with Gasteiger partial charge in [-0.1, -0.05) is 5.64 Å². The molecule has 1 saturated heterocycles. The van der Waals surface area contributed by atoms with Crippen LogP contribution in [0.15, 0.2) is 0 Å². The molecule has 1 N–H and O–H groups in total. The van der Waals surface area contributed by atoms with E-state index in [1.807, 2.05) is 0 Å². The number of nitrogens with one attached hydrogen (secondary N) is 1. The van der Waals surface area contributed by atoms with E-state index in [1.165, 1.54) is 12.0 Å². The normalized spacial score (nSPS) is 24.0. The fourth-order valence-corrected chi connectivity index (χ4v) is 0.361. The van der Waals surface area contributed by atoms with Gasteiger partial charge < -0.3 is 0 Å². The van der Waals surface area contributed by atoms with Crippen molar-refractivity contribution in [1.82, 2.24) is 5.64 Å². The molecule has 0 aromatic carbocycles. The number of rotatable bonds is 0. The first-order valence-electron chi connectivity index (χ1n) is 1.15. The van der Waals surface area contributed by atoms with E-state index in [-0.39, 0.29) is 0 Å². The first-order valence-corrected chi connectivity index (χ1v) is 2.06. The van der Waals surface area contributed by atoms with Gasteiger partial charge in [0, 0.05) is 12.0 Å². The van der Waals surface area contributed by atoms with Crippen LogP contribution in [0.5, 0.6) is 0 Å². The van der Waals surface area contributed by atoms with E-state index in [0.29, 0.717) is 5.94 Å². The van der Waals surface area contributed by atoms with Crippen LogP contribution in [0.2, 0.25) is 0 Å². The van der Waals surface area contributed by atoms with E-state index < -0.39 is 0 Å². The minimum Gasteiger partial charge on any atom is -0.262 e. The van der Waals surface area contributed by atoms with Crippen LogP contribution in [0.25, 0.3) is 0 Å². The molecular weight excluding hydrogens is 90.1 g/mol. The highest BCUT2D eigenvalue weighted by Gasteiger charge is 1.95. The van der Waals surface area contributed by atoms with Crippen molar-refractivity contribution in [3.63, 3.8) is 0 Å². The Balaban J connectivity index is 2.08. The topological polar surface area (TPSA) is 30.5 Å². The zero-order chi connectivity index (χ0) is 3.54. The maximum absolute atomic E-state index is 4.44. The Labute approximate surface area is 33.8 Å². The van der Waals surface area contributed by atoms with Gasteiger partial charge in [0.25, 0.3) is 0 Å². The standard InChI is InChI=1S/CH3NO2S/c1-3-2-4-5-1/h2H,1H2. The fraction of sp³-hybridized carbons (Fsp3) is 1.00. The highest BCUT2D eigenvalue weighted by molar-refractivity contribution is 7.94. The molecule has 0 bridgehead atoms.